The maximum absolute atomic E-state index is 13.2. The van der Waals surface area contributed by atoms with E-state index in [0.29, 0.717) is 16.6 Å². The Balaban J connectivity index is 2.40. The quantitative estimate of drug-likeness (QED) is 0.632. The zero-order valence-electron chi connectivity index (χ0n) is 13.3. The first kappa shape index (κ1) is 16.1. The van der Waals surface area contributed by atoms with Crippen molar-refractivity contribution in [1.82, 2.24) is 4.98 Å². The summed E-state index contributed by atoms with van der Waals surface area (Å²) in [4.78, 5) is 14.5. The summed E-state index contributed by atoms with van der Waals surface area (Å²) in [5.41, 5.74) is 13.5. The van der Waals surface area contributed by atoms with Crippen molar-refractivity contribution in [1.29, 1.82) is 0 Å². The molecule has 1 amide bonds. The fraction of sp³-hybridized carbons (Fsp3) is 0.118. The van der Waals surface area contributed by atoms with E-state index in [1.165, 1.54) is 6.07 Å². The Kier molecular flexibility index (Phi) is 3.60. The predicted octanol–water partition coefficient (Wildman–Crippen LogP) is 2.30. The van der Waals surface area contributed by atoms with Gasteiger partial charge in [-0.2, -0.15) is 0 Å². The minimum absolute atomic E-state index is 0.117. The predicted molar refractivity (Wildman–Crippen MR) is 92.6 cm³/mol. The monoisotopic (exact) mass is 343 g/mol. The van der Waals surface area contributed by atoms with Crippen LogP contribution in [0.2, 0.25) is 0 Å². The summed E-state index contributed by atoms with van der Waals surface area (Å²) >= 11 is 0. The normalized spacial score (nSPS) is 11.8. The highest BCUT2D eigenvalue weighted by Crippen LogP contribution is 2.33. The molecule has 5 N–H and O–H groups in total. The van der Waals surface area contributed by atoms with E-state index in [2.05, 4.69) is 4.98 Å². The number of sulfone groups is 1. The van der Waals surface area contributed by atoms with Crippen LogP contribution < -0.4 is 11.5 Å². The average Bonchev–Trinajstić information content (AvgIpc) is 2.85. The zero-order chi connectivity index (χ0) is 17.6. The number of rotatable bonds is 3. The lowest BCUT2D eigenvalue weighted by molar-refractivity contribution is 0.0993. The molecule has 0 bridgehead atoms. The van der Waals surface area contributed by atoms with Crippen molar-refractivity contribution in [3.8, 4) is 0 Å². The maximum atomic E-state index is 13.2. The molecule has 0 unspecified atom stereocenters. The van der Waals surface area contributed by atoms with Gasteiger partial charge in [-0.25, -0.2) is 8.42 Å². The number of aromatic amines is 1. The molecule has 1 aromatic heterocycles. The van der Waals surface area contributed by atoms with Crippen LogP contribution >= 0.6 is 0 Å². The van der Waals surface area contributed by atoms with Crippen LogP contribution in [0.1, 0.15) is 21.6 Å². The van der Waals surface area contributed by atoms with Crippen molar-refractivity contribution in [3.63, 3.8) is 0 Å². The Hall–Kier alpha value is -2.80. The Labute approximate surface area is 139 Å². The minimum Gasteiger partial charge on any atom is -0.399 e. The van der Waals surface area contributed by atoms with Crippen molar-refractivity contribution in [2.75, 3.05) is 5.73 Å². The van der Waals surface area contributed by atoms with E-state index >= 15 is 0 Å². The van der Waals surface area contributed by atoms with Crippen molar-refractivity contribution in [2.24, 2.45) is 5.73 Å². The van der Waals surface area contributed by atoms with Gasteiger partial charge in [0.15, 0.2) is 0 Å². The SMILES string of the molecule is Cc1cc(C)cc(S(=O)(=O)c2c(C(N)=O)[nH]c3ccc(N)cc23)c1. The average molecular weight is 343 g/mol. The van der Waals surface area contributed by atoms with Gasteiger partial charge in [-0.05, 0) is 55.3 Å². The van der Waals surface area contributed by atoms with Gasteiger partial charge in [-0.3, -0.25) is 4.79 Å². The molecule has 0 aliphatic rings. The second-order valence-electron chi connectivity index (χ2n) is 5.83. The number of benzene rings is 2. The number of aromatic nitrogens is 1. The van der Waals surface area contributed by atoms with Crippen LogP contribution in [0.15, 0.2) is 46.2 Å². The number of fused-ring (bicyclic) bond motifs is 1. The minimum atomic E-state index is -3.95. The van der Waals surface area contributed by atoms with Crippen molar-refractivity contribution < 1.29 is 13.2 Å². The third-order valence-electron chi connectivity index (χ3n) is 3.80. The van der Waals surface area contributed by atoms with Gasteiger partial charge in [0.2, 0.25) is 9.84 Å². The Morgan fingerprint density at radius 3 is 2.25 bits per heavy atom. The molecule has 6 nitrogen and oxygen atoms in total. The lowest BCUT2D eigenvalue weighted by Gasteiger charge is -2.08. The van der Waals surface area contributed by atoms with Crippen molar-refractivity contribution in [3.05, 3.63) is 53.2 Å². The molecule has 0 atom stereocenters. The van der Waals surface area contributed by atoms with Crippen LogP contribution in [0.3, 0.4) is 0 Å². The van der Waals surface area contributed by atoms with Gasteiger partial charge in [0.1, 0.15) is 10.6 Å². The highest BCUT2D eigenvalue weighted by molar-refractivity contribution is 7.91. The summed E-state index contributed by atoms with van der Waals surface area (Å²) in [7, 11) is -3.95. The summed E-state index contributed by atoms with van der Waals surface area (Å²) in [6, 6.07) is 9.78. The number of amides is 1. The van der Waals surface area contributed by atoms with Crippen LogP contribution in [-0.4, -0.2) is 19.3 Å². The summed E-state index contributed by atoms with van der Waals surface area (Å²) in [6.07, 6.45) is 0. The molecule has 1 heterocycles. The zero-order valence-corrected chi connectivity index (χ0v) is 14.1. The first-order valence-electron chi connectivity index (χ1n) is 7.24. The summed E-state index contributed by atoms with van der Waals surface area (Å²) in [5.74, 6) is -0.840. The number of carbonyl (C=O) groups is 1. The molecule has 7 heteroatoms. The van der Waals surface area contributed by atoms with E-state index in [0.717, 1.165) is 11.1 Å². The molecule has 0 aliphatic heterocycles. The topological polar surface area (TPSA) is 119 Å². The number of aryl methyl sites for hydroxylation is 2. The van der Waals surface area contributed by atoms with Crippen LogP contribution in [-0.2, 0) is 9.84 Å². The van der Waals surface area contributed by atoms with Crippen LogP contribution in [0, 0.1) is 13.8 Å². The van der Waals surface area contributed by atoms with Gasteiger partial charge in [-0.1, -0.05) is 6.07 Å². The molecule has 2 aromatic carbocycles. The third kappa shape index (κ3) is 2.52. The molecule has 0 spiro atoms. The number of nitrogens with two attached hydrogens (primary N) is 2. The number of hydrogen-bond acceptors (Lipinski definition) is 4. The lowest BCUT2D eigenvalue weighted by atomic mass is 10.2. The fourth-order valence-corrected chi connectivity index (χ4v) is 4.64. The van der Waals surface area contributed by atoms with Gasteiger partial charge < -0.3 is 16.5 Å². The largest absolute Gasteiger partial charge is 0.399 e. The first-order valence-corrected chi connectivity index (χ1v) is 8.73. The standard InChI is InChI=1S/C17H17N3O3S/c1-9-5-10(2)7-12(6-9)24(22,23)16-13-8-11(18)3-4-14(13)20-15(16)17(19)21/h3-8,20H,18H2,1-2H3,(H2,19,21). The Morgan fingerprint density at radius 1 is 1.04 bits per heavy atom. The smallest absolute Gasteiger partial charge is 0.266 e. The number of nitrogens with one attached hydrogen (secondary N) is 1. The van der Waals surface area contributed by atoms with E-state index in [4.69, 9.17) is 11.5 Å². The Bertz CT molecular complexity index is 1060. The van der Waals surface area contributed by atoms with Gasteiger partial charge in [0.05, 0.1) is 4.90 Å². The molecule has 0 saturated heterocycles. The van der Waals surface area contributed by atoms with Gasteiger partial charge >= 0.3 is 0 Å². The van der Waals surface area contributed by atoms with E-state index in [1.54, 1.807) is 24.3 Å². The molecule has 0 saturated carbocycles. The number of anilines is 1. The highest BCUT2D eigenvalue weighted by Gasteiger charge is 2.29. The van der Waals surface area contributed by atoms with Crippen molar-refractivity contribution >= 4 is 32.3 Å². The summed E-state index contributed by atoms with van der Waals surface area (Å²) in [5, 5.41) is 0.350. The number of hydrogen-bond donors (Lipinski definition) is 3. The molecular formula is C17H17N3O3S. The molecule has 0 aliphatic carbocycles. The van der Waals surface area contributed by atoms with Gasteiger partial charge in [0.25, 0.3) is 5.91 Å². The second-order valence-corrected chi connectivity index (χ2v) is 7.71. The fourth-order valence-electron chi connectivity index (χ4n) is 2.84. The Morgan fingerprint density at radius 2 is 1.67 bits per heavy atom. The van der Waals surface area contributed by atoms with Crippen molar-refractivity contribution in [2.45, 2.75) is 23.6 Å². The number of carbonyl (C=O) groups excluding carboxylic acids is 1. The van der Waals surface area contributed by atoms with Crippen LogP contribution in [0.5, 0.6) is 0 Å². The van der Waals surface area contributed by atoms with E-state index in [-0.39, 0.29) is 15.5 Å². The summed E-state index contributed by atoms with van der Waals surface area (Å²) < 4.78 is 26.4. The highest BCUT2D eigenvalue weighted by atomic mass is 32.2. The van der Waals surface area contributed by atoms with E-state index < -0.39 is 15.7 Å². The van der Waals surface area contributed by atoms with Gasteiger partial charge in [0, 0.05) is 16.6 Å². The second kappa shape index (κ2) is 5.38. The third-order valence-corrected chi connectivity index (χ3v) is 5.61. The molecule has 124 valence electrons. The summed E-state index contributed by atoms with van der Waals surface area (Å²) in [6.45, 7) is 3.63. The lowest BCUT2D eigenvalue weighted by Crippen LogP contribution is -2.16. The maximum Gasteiger partial charge on any atom is 0.266 e. The number of primary amides is 1. The molecule has 3 rings (SSSR count). The van der Waals surface area contributed by atoms with Gasteiger partial charge in [-0.15, -0.1) is 0 Å². The molecular weight excluding hydrogens is 326 g/mol. The molecule has 3 aromatic rings. The molecule has 0 fully saturated rings. The van der Waals surface area contributed by atoms with E-state index in [9.17, 15) is 13.2 Å². The van der Waals surface area contributed by atoms with E-state index in [1.807, 2.05) is 19.9 Å². The molecule has 0 radical (unpaired) electrons. The van der Waals surface area contributed by atoms with Crippen LogP contribution in [0.25, 0.3) is 10.9 Å². The first-order chi connectivity index (χ1) is 11.2. The number of nitrogen functional groups attached to an aromatic ring is 1. The molecule has 24 heavy (non-hydrogen) atoms. The van der Waals surface area contributed by atoms with Crippen LogP contribution in [0.4, 0.5) is 5.69 Å². The number of H-pyrrole nitrogens is 1.